The Morgan fingerprint density at radius 1 is 1.44 bits per heavy atom. The Balaban J connectivity index is 3.09. The second-order valence-electron chi connectivity index (χ2n) is 4.45. The number of ether oxygens (including phenoxy) is 1. The largest absolute Gasteiger partial charge is 0.456 e. The topological polar surface area (TPSA) is 69.4 Å². The van der Waals surface area contributed by atoms with E-state index in [1.54, 1.807) is 27.7 Å². The Bertz CT molecular complexity index is 429. The third kappa shape index (κ3) is 2.61. The molecule has 0 atom stereocenters. The maximum absolute atomic E-state index is 11.8. The van der Waals surface area contributed by atoms with Crippen LogP contribution in [0.5, 0.6) is 0 Å². The normalized spacial score (nSPS) is 11.2. The van der Waals surface area contributed by atoms with Gasteiger partial charge in [-0.2, -0.15) is 0 Å². The van der Waals surface area contributed by atoms with E-state index < -0.39 is 11.6 Å². The van der Waals surface area contributed by atoms with Crippen LogP contribution in [-0.4, -0.2) is 17.9 Å². The van der Waals surface area contributed by atoms with Gasteiger partial charge in [0.1, 0.15) is 10.6 Å². The molecule has 0 aliphatic rings. The van der Waals surface area contributed by atoms with E-state index in [-0.39, 0.29) is 0 Å². The minimum absolute atomic E-state index is 0.307. The highest BCUT2D eigenvalue weighted by atomic mass is 32.1. The minimum atomic E-state index is -0.570. The fraction of sp³-hybridized carbons (Fsp3) is 0.455. The number of nitrogen functional groups attached to an aromatic ring is 1. The number of carbonyl (C=O) groups excluding carboxylic acids is 2. The zero-order valence-corrected chi connectivity index (χ0v) is 10.6. The van der Waals surface area contributed by atoms with Crippen LogP contribution in [0.1, 0.15) is 46.4 Å². The van der Waals surface area contributed by atoms with Crippen molar-refractivity contribution in [1.82, 2.24) is 0 Å². The first kappa shape index (κ1) is 12.7. The van der Waals surface area contributed by atoms with Gasteiger partial charge in [0.15, 0.2) is 6.29 Å². The van der Waals surface area contributed by atoms with Gasteiger partial charge in [0, 0.05) is 0 Å². The van der Waals surface area contributed by atoms with E-state index in [9.17, 15) is 9.59 Å². The maximum Gasteiger partial charge on any atom is 0.341 e. The van der Waals surface area contributed by atoms with E-state index in [0.717, 1.165) is 11.3 Å². The summed E-state index contributed by atoms with van der Waals surface area (Å²) in [4.78, 5) is 23.0. The van der Waals surface area contributed by atoms with Crippen LogP contribution in [-0.2, 0) is 4.74 Å². The van der Waals surface area contributed by atoms with Gasteiger partial charge in [-0.15, -0.1) is 11.3 Å². The van der Waals surface area contributed by atoms with Gasteiger partial charge >= 0.3 is 5.97 Å². The first-order chi connectivity index (χ1) is 7.26. The molecular formula is C11H15NO3S. The fourth-order valence-electron chi connectivity index (χ4n) is 1.25. The van der Waals surface area contributed by atoms with E-state index in [0.29, 0.717) is 27.3 Å². The highest BCUT2D eigenvalue weighted by molar-refractivity contribution is 7.18. The molecule has 1 rings (SSSR count). The SMILES string of the molecule is Cc1c(C=O)sc(N)c1C(=O)OC(C)(C)C. The summed E-state index contributed by atoms with van der Waals surface area (Å²) in [5, 5.41) is 0.328. The molecule has 0 aromatic carbocycles. The molecule has 1 aromatic rings. The zero-order valence-electron chi connectivity index (χ0n) is 9.79. The van der Waals surface area contributed by atoms with Crippen LogP contribution in [0.4, 0.5) is 5.00 Å². The summed E-state index contributed by atoms with van der Waals surface area (Å²) in [6.45, 7) is 7.03. The summed E-state index contributed by atoms with van der Waals surface area (Å²) in [7, 11) is 0. The van der Waals surface area contributed by atoms with Gasteiger partial charge < -0.3 is 10.5 Å². The molecule has 0 aliphatic heterocycles. The lowest BCUT2D eigenvalue weighted by atomic mass is 10.1. The van der Waals surface area contributed by atoms with Crippen molar-refractivity contribution >= 4 is 28.6 Å². The molecule has 0 saturated carbocycles. The maximum atomic E-state index is 11.8. The molecule has 88 valence electrons. The van der Waals surface area contributed by atoms with Gasteiger partial charge in [0.2, 0.25) is 0 Å². The quantitative estimate of drug-likeness (QED) is 0.637. The summed E-state index contributed by atoms with van der Waals surface area (Å²) in [6, 6.07) is 0. The zero-order chi connectivity index (χ0) is 12.5. The summed E-state index contributed by atoms with van der Waals surface area (Å²) < 4.78 is 5.22. The molecule has 0 radical (unpaired) electrons. The Morgan fingerprint density at radius 2 is 2.00 bits per heavy atom. The predicted molar refractivity (Wildman–Crippen MR) is 64.0 cm³/mol. The summed E-state index contributed by atoms with van der Waals surface area (Å²) in [6.07, 6.45) is 0.699. The average Bonchev–Trinajstić information content (AvgIpc) is 2.38. The van der Waals surface area contributed by atoms with Gasteiger partial charge in [-0.1, -0.05) is 0 Å². The van der Waals surface area contributed by atoms with E-state index in [4.69, 9.17) is 10.5 Å². The lowest BCUT2D eigenvalue weighted by Crippen LogP contribution is -2.24. The molecule has 4 nitrogen and oxygen atoms in total. The Kier molecular flexibility index (Phi) is 3.38. The minimum Gasteiger partial charge on any atom is -0.456 e. The number of esters is 1. The van der Waals surface area contributed by atoms with Gasteiger partial charge in [-0.05, 0) is 33.3 Å². The van der Waals surface area contributed by atoms with E-state index in [1.165, 1.54) is 0 Å². The summed E-state index contributed by atoms with van der Waals surface area (Å²) in [5.74, 6) is -0.480. The molecule has 2 N–H and O–H groups in total. The van der Waals surface area contributed by atoms with E-state index in [1.807, 2.05) is 0 Å². The van der Waals surface area contributed by atoms with E-state index >= 15 is 0 Å². The lowest BCUT2D eigenvalue weighted by Gasteiger charge is -2.19. The van der Waals surface area contributed by atoms with Gasteiger partial charge in [-0.25, -0.2) is 4.79 Å². The molecule has 0 amide bonds. The average molecular weight is 241 g/mol. The van der Waals surface area contributed by atoms with Gasteiger partial charge in [0.05, 0.1) is 10.4 Å². The fourth-order valence-corrected chi connectivity index (χ4v) is 2.13. The van der Waals surface area contributed by atoms with Crippen LogP contribution < -0.4 is 5.73 Å². The van der Waals surface area contributed by atoms with Crippen LogP contribution in [0.3, 0.4) is 0 Å². The third-order valence-corrected chi connectivity index (χ3v) is 2.97. The van der Waals surface area contributed by atoms with Gasteiger partial charge in [-0.3, -0.25) is 4.79 Å². The van der Waals surface area contributed by atoms with Crippen LogP contribution in [0.25, 0.3) is 0 Å². The highest BCUT2D eigenvalue weighted by Gasteiger charge is 2.24. The van der Waals surface area contributed by atoms with Crippen LogP contribution in [0, 0.1) is 6.92 Å². The van der Waals surface area contributed by atoms with Crippen molar-refractivity contribution in [3.63, 3.8) is 0 Å². The number of nitrogens with two attached hydrogens (primary N) is 1. The van der Waals surface area contributed by atoms with Crippen molar-refractivity contribution in [2.45, 2.75) is 33.3 Å². The predicted octanol–water partition coefficient (Wildman–Crippen LogP) is 2.41. The number of hydrogen-bond acceptors (Lipinski definition) is 5. The molecular weight excluding hydrogens is 226 g/mol. The molecule has 5 heteroatoms. The van der Waals surface area contributed by atoms with Crippen molar-refractivity contribution in [3.8, 4) is 0 Å². The summed E-state index contributed by atoms with van der Waals surface area (Å²) in [5.41, 5.74) is 6.02. The van der Waals surface area contributed by atoms with Crippen LogP contribution >= 0.6 is 11.3 Å². The van der Waals surface area contributed by atoms with Crippen molar-refractivity contribution in [3.05, 3.63) is 16.0 Å². The molecule has 0 fully saturated rings. The second-order valence-corrected chi connectivity index (χ2v) is 5.53. The van der Waals surface area contributed by atoms with Gasteiger partial charge in [0.25, 0.3) is 0 Å². The molecule has 16 heavy (non-hydrogen) atoms. The first-order valence-corrected chi connectivity index (χ1v) is 5.65. The Labute approximate surface area is 98.4 Å². The molecule has 0 unspecified atom stereocenters. The number of hydrogen-bond donors (Lipinski definition) is 1. The monoisotopic (exact) mass is 241 g/mol. The molecule has 0 aliphatic carbocycles. The smallest absolute Gasteiger partial charge is 0.341 e. The molecule has 1 aromatic heterocycles. The van der Waals surface area contributed by atoms with Crippen molar-refractivity contribution in [1.29, 1.82) is 0 Å². The first-order valence-electron chi connectivity index (χ1n) is 4.83. The Morgan fingerprint density at radius 3 is 2.38 bits per heavy atom. The molecule has 0 bridgehead atoms. The summed E-state index contributed by atoms with van der Waals surface area (Å²) >= 11 is 1.10. The Hall–Kier alpha value is -1.36. The third-order valence-electron chi connectivity index (χ3n) is 1.92. The standard InChI is InChI=1S/C11H15NO3S/c1-6-7(5-13)16-9(12)8(6)10(14)15-11(2,3)4/h5H,12H2,1-4H3. The number of anilines is 1. The van der Waals surface area contributed by atoms with Crippen LogP contribution in [0.15, 0.2) is 0 Å². The number of rotatable bonds is 2. The molecule has 0 saturated heterocycles. The van der Waals surface area contributed by atoms with Crippen molar-refractivity contribution in [2.75, 3.05) is 5.73 Å². The number of carbonyl (C=O) groups is 2. The van der Waals surface area contributed by atoms with Crippen molar-refractivity contribution < 1.29 is 14.3 Å². The van der Waals surface area contributed by atoms with Crippen LogP contribution in [0.2, 0.25) is 0 Å². The molecule has 1 heterocycles. The number of aldehydes is 1. The molecule has 0 spiro atoms. The van der Waals surface area contributed by atoms with Crippen molar-refractivity contribution in [2.24, 2.45) is 0 Å². The lowest BCUT2D eigenvalue weighted by molar-refractivity contribution is 0.00706. The highest BCUT2D eigenvalue weighted by Crippen LogP contribution is 2.30. The second kappa shape index (κ2) is 4.25. The van der Waals surface area contributed by atoms with E-state index in [2.05, 4.69) is 0 Å². The number of thiophene rings is 1.